The minimum absolute atomic E-state index is 0.403. The lowest BCUT2D eigenvalue weighted by Crippen LogP contribution is -2.32. The standard InChI is InChI=1S/C16H21NO2.C10H8ClF2NO2/c1-12-4-5-15-13(10-12)11-16(19-15)14(18)6-9-17-7-2-3-8-17;11-6-1-2-7-5(3-6)4-8(16-7)10(12,13)9(14)15/h4-5,10-11,14,18H,2-3,6-9H2,1H3;3-4H,1-2H2,(H2,14,15). The Morgan fingerprint density at radius 2 is 1.94 bits per heavy atom. The van der Waals surface area contributed by atoms with Crippen molar-refractivity contribution in [2.24, 2.45) is 5.73 Å². The molecule has 1 atom stereocenters. The number of carbonyl (C=O) groups is 1. The molecule has 0 radical (unpaired) electrons. The molecule has 3 heterocycles. The van der Waals surface area contributed by atoms with E-state index in [0.29, 0.717) is 35.0 Å². The molecule has 1 aliphatic heterocycles. The van der Waals surface area contributed by atoms with Crippen LogP contribution in [-0.2, 0) is 17.1 Å². The van der Waals surface area contributed by atoms with E-state index in [-0.39, 0.29) is 0 Å². The molecule has 1 saturated heterocycles. The van der Waals surface area contributed by atoms with Crippen molar-refractivity contribution in [1.82, 2.24) is 4.90 Å². The summed E-state index contributed by atoms with van der Waals surface area (Å²) in [4.78, 5) is 13.0. The fourth-order valence-corrected chi connectivity index (χ4v) is 4.52. The number of rotatable bonds is 6. The number of likely N-dealkylation sites (tertiary alicyclic amines) is 1. The summed E-state index contributed by atoms with van der Waals surface area (Å²) in [6.45, 7) is 5.37. The van der Waals surface area contributed by atoms with E-state index < -0.39 is 23.7 Å². The average molecular weight is 507 g/mol. The summed E-state index contributed by atoms with van der Waals surface area (Å²) in [6, 6.07) is 9.17. The maximum absolute atomic E-state index is 13.2. The molecular weight excluding hydrogens is 478 g/mol. The molecule has 2 aliphatic rings. The Bertz CT molecular complexity index is 1230. The predicted octanol–water partition coefficient (Wildman–Crippen LogP) is 5.64. The summed E-state index contributed by atoms with van der Waals surface area (Å²) in [5.41, 5.74) is 7.15. The van der Waals surface area contributed by atoms with E-state index in [1.165, 1.54) is 31.5 Å². The lowest BCUT2D eigenvalue weighted by molar-refractivity contribution is -0.145. The minimum atomic E-state index is -3.78. The Kier molecular flexibility index (Phi) is 7.64. The molecule has 0 spiro atoms. The average Bonchev–Trinajstić information content (AvgIpc) is 3.56. The van der Waals surface area contributed by atoms with Crippen molar-refractivity contribution in [2.45, 2.75) is 51.1 Å². The number of benzene rings is 1. The van der Waals surface area contributed by atoms with Crippen LogP contribution in [0.5, 0.6) is 0 Å². The van der Waals surface area contributed by atoms with Crippen LogP contribution in [-0.4, -0.2) is 35.5 Å². The number of fused-ring (bicyclic) bond motifs is 2. The number of hydrogen-bond acceptors (Lipinski definition) is 5. The van der Waals surface area contributed by atoms with E-state index >= 15 is 0 Å². The number of nitrogens with two attached hydrogens (primary N) is 1. The summed E-state index contributed by atoms with van der Waals surface area (Å²) >= 11 is 5.77. The van der Waals surface area contributed by atoms with Crippen molar-refractivity contribution in [1.29, 1.82) is 0 Å². The second kappa shape index (κ2) is 10.5. The van der Waals surface area contributed by atoms with Gasteiger partial charge in [-0.05, 0) is 76.0 Å². The zero-order valence-corrected chi connectivity index (χ0v) is 20.3. The number of hydrogen-bond donors (Lipinski definition) is 2. The van der Waals surface area contributed by atoms with Crippen LogP contribution in [0, 0.1) is 6.92 Å². The quantitative estimate of drug-likeness (QED) is 0.451. The largest absolute Gasteiger partial charge is 0.458 e. The zero-order chi connectivity index (χ0) is 25.2. The fourth-order valence-electron chi connectivity index (χ4n) is 4.31. The summed E-state index contributed by atoms with van der Waals surface area (Å²) in [6.07, 6.45) is 5.38. The highest BCUT2D eigenvalue weighted by molar-refractivity contribution is 6.31. The van der Waals surface area contributed by atoms with Crippen LogP contribution in [0.25, 0.3) is 17.0 Å². The smallest absolute Gasteiger partial charge is 0.380 e. The van der Waals surface area contributed by atoms with Gasteiger partial charge < -0.3 is 24.6 Å². The summed E-state index contributed by atoms with van der Waals surface area (Å²) in [5, 5.41) is 11.9. The van der Waals surface area contributed by atoms with Gasteiger partial charge in [-0.1, -0.05) is 23.2 Å². The molecule has 1 aliphatic carbocycles. The van der Waals surface area contributed by atoms with Gasteiger partial charge in [0, 0.05) is 28.9 Å². The van der Waals surface area contributed by atoms with Gasteiger partial charge in [0.1, 0.15) is 23.2 Å². The normalized spacial score (nSPS) is 17.0. The molecule has 1 unspecified atom stereocenters. The van der Waals surface area contributed by atoms with Gasteiger partial charge in [0.15, 0.2) is 5.76 Å². The first kappa shape index (κ1) is 25.4. The molecule has 3 N–H and O–H groups in total. The molecule has 0 saturated carbocycles. The predicted molar refractivity (Wildman–Crippen MR) is 130 cm³/mol. The van der Waals surface area contributed by atoms with Gasteiger partial charge in [0.2, 0.25) is 0 Å². The van der Waals surface area contributed by atoms with Crippen molar-refractivity contribution >= 4 is 34.6 Å². The van der Waals surface area contributed by atoms with Crippen LogP contribution in [0.2, 0.25) is 0 Å². The van der Waals surface area contributed by atoms with Gasteiger partial charge in [-0.15, -0.1) is 0 Å². The molecule has 188 valence electrons. The van der Waals surface area contributed by atoms with Gasteiger partial charge in [-0.2, -0.15) is 8.78 Å². The van der Waals surface area contributed by atoms with Crippen molar-refractivity contribution in [3.05, 3.63) is 63.8 Å². The number of aliphatic hydroxyl groups is 1. The Morgan fingerprint density at radius 3 is 2.66 bits per heavy atom. The second-order valence-corrected chi connectivity index (χ2v) is 9.55. The van der Waals surface area contributed by atoms with Gasteiger partial charge in [0.05, 0.1) is 0 Å². The van der Waals surface area contributed by atoms with Crippen LogP contribution < -0.4 is 5.73 Å². The van der Waals surface area contributed by atoms with Gasteiger partial charge in [0.25, 0.3) is 5.91 Å². The van der Waals surface area contributed by atoms with Crippen LogP contribution in [0.4, 0.5) is 8.78 Å². The van der Waals surface area contributed by atoms with E-state index in [2.05, 4.69) is 23.6 Å². The first-order chi connectivity index (χ1) is 16.6. The number of furan rings is 2. The number of aryl methyl sites for hydroxylation is 2. The molecular formula is C26H29ClF2N2O4. The first-order valence-electron chi connectivity index (χ1n) is 11.7. The highest BCUT2D eigenvalue weighted by Gasteiger charge is 2.43. The molecule has 3 aromatic rings. The molecule has 2 aromatic heterocycles. The molecule has 6 nitrogen and oxygen atoms in total. The van der Waals surface area contributed by atoms with Crippen LogP contribution >= 0.6 is 11.6 Å². The van der Waals surface area contributed by atoms with E-state index in [1.54, 1.807) is 6.08 Å². The third-order valence-corrected chi connectivity index (χ3v) is 6.60. The van der Waals surface area contributed by atoms with Crippen molar-refractivity contribution in [3.8, 4) is 0 Å². The fraction of sp³-hybridized carbons (Fsp3) is 0.423. The van der Waals surface area contributed by atoms with Gasteiger partial charge in [-0.3, -0.25) is 4.79 Å². The first-order valence-corrected chi connectivity index (χ1v) is 12.1. The Morgan fingerprint density at radius 1 is 1.20 bits per heavy atom. The van der Waals surface area contributed by atoms with E-state index in [9.17, 15) is 18.7 Å². The molecule has 1 amide bonds. The van der Waals surface area contributed by atoms with Crippen LogP contribution in [0.15, 0.2) is 44.2 Å². The Balaban J connectivity index is 0.000000168. The van der Waals surface area contributed by atoms with Gasteiger partial charge >= 0.3 is 5.92 Å². The summed E-state index contributed by atoms with van der Waals surface area (Å²) in [5.74, 6) is -5.14. The lowest BCUT2D eigenvalue weighted by atomic mass is 10.1. The molecule has 0 bridgehead atoms. The summed E-state index contributed by atoms with van der Waals surface area (Å²) < 4.78 is 37.1. The monoisotopic (exact) mass is 506 g/mol. The number of allylic oxidation sites excluding steroid dienone is 1. The molecule has 35 heavy (non-hydrogen) atoms. The van der Waals surface area contributed by atoms with Gasteiger partial charge in [-0.25, -0.2) is 0 Å². The van der Waals surface area contributed by atoms with E-state index in [4.69, 9.17) is 20.4 Å². The molecule has 1 aromatic carbocycles. The number of carbonyl (C=O) groups excluding carboxylic acids is 1. The maximum Gasteiger partial charge on any atom is 0.380 e. The van der Waals surface area contributed by atoms with E-state index in [1.807, 2.05) is 18.2 Å². The Labute approximate surface area is 207 Å². The zero-order valence-electron chi connectivity index (χ0n) is 19.5. The van der Waals surface area contributed by atoms with Crippen LogP contribution in [0.1, 0.15) is 60.2 Å². The van der Waals surface area contributed by atoms with Crippen molar-refractivity contribution < 1.29 is 27.5 Å². The number of amides is 1. The van der Waals surface area contributed by atoms with Crippen LogP contribution in [0.3, 0.4) is 0 Å². The van der Waals surface area contributed by atoms with E-state index in [0.717, 1.165) is 30.0 Å². The number of primary amides is 1. The lowest BCUT2D eigenvalue weighted by Gasteiger charge is -2.16. The third kappa shape index (κ3) is 5.94. The highest BCUT2D eigenvalue weighted by Crippen LogP contribution is 2.35. The molecule has 5 rings (SSSR count). The number of aliphatic hydroxyl groups excluding tert-OH is 1. The highest BCUT2D eigenvalue weighted by atomic mass is 35.5. The second-order valence-electron chi connectivity index (χ2n) is 9.06. The molecule has 9 heteroatoms. The SMILES string of the molecule is Cc1ccc2oc(C(O)CCN3CCCC3)cc2c1.NC(=O)C(F)(F)c1cc2c(o1)CCC(Cl)=C2. The number of halogens is 3. The summed E-state index contributed by atoms with van der Waals surface area (Å²) in [7, 11) is 0. The molecule has 1 fully saturated rings. The number of alkyl halides is 2. The number of nitrogens with zero attached hydrogens (tertiary/aromatic N) is 1. The maximum atomic E-state index is 13.2. The van der Waals surface area contributed by atoms with Crippen molar-refractivity contribution in [2.75, 3.05) is 19.6 Å². The topological polar surface area (TPSA) is 92.8 Å². The minimum Gasteiger partial charge on any atom is -0.458 e. The van der Waals surface area contributed by atoms with Crippen molar-refractivity contribution in [3.63, 3.8) is 0 Å². The third-order valence-electron chi connectivity index (χ3n) is 6.30. The Hall–Kier alpha value is -2.68.